The third kappa shape index (κ3) is 3.27. The van der Waals surface area contributed by atoms with Crippen molar-refractivity contribution in [3.8, 4) is 0 Å². The first-order valence-corrected chi connectivity index (χ1v) is 7.26. The first kappa shape index (κ1) is 13.9. The zero-order valence-electron chi connectivity index (χ0n) is 9.27. The topological polar surface area (TPSA) is 59.1 Å². The highest BCUT2D eigenvalue weighted by Gasteiger charge is 2.17. The molecule has 1 aromatic carbocycles. The second-order valence-electron chi connectivity index (χ2n) is 3.53. The van der Waals surface area contributed by atoms with Gasteiger partial charge in [0, 0.05) is 0 Å². The van der Waals surface area contributed by atoms with E-state index in [0.29, 0.717) is 10.7 Å². The van der Waals surface area contributed by atoms with E-state index in [0.717, 1.165) is 12.1 Å². The summed E-state index contributed by atoms with van der Waals surface area (Å²) in [6, 6.07) is 6.96. The molecule has 0 aliphatic heterocycles. The Morgan fingerprint density at radius 3 is 2.47 bits per heavy atom. The van der Waals surface area contributed by atoms with Gasteiger partial charge in [0.2, 0.25) is 0 Å². The lowest BCUT2D eigenvalue weighted by molar-refractivity contribution is 0.504. The van der Waals surface area contributed by atoms with Gasteiger partial charge in [-0.15, -0.1) is 0 Å². The van der Waals surface area contributed by atoms with Crippen LogP contribution in [0.5, 0.6) is 0 Å². The summed E-state index contributed by atoms with van der Waals surface area (Å²) >= 11 is 3.09. The lowest BCUT2D eigenvalue weighted by Crippen LogP contribution is -2.14. The third-order valence-corrected chi connectivity index (χ3v) is 3.95. The van der Waals surface area contributed by atoms with Gasteiger partial charge in [-0.2, -0.15) is 0 Å². The first-order chi connectivity index (χ1) is 8.88. The van der Waals surface area contributed by atoms with Crippen LogP contribution in [0.1, 0.15) is 0 Å². The number of rotatable bonds is 3. The second kappa shape index (κ2) is 5.22. The fourth-order valence-corrected chi connectivity index (χ4v) is 2.66. The third-order valence-electron chi connectivity index (χ3n) is 2.16. The van der Waals surface area contributed by atoms with Crippen molar-refractivity contribution < 1.29 is 17.2 Å². The highest BCUT2D eigenvalue weighted by Crippen LogP contribution is 2.18. The molecule has 100 valence electrons. The van der Waals surface area contributed by atoms with Gasteiger partial charge in [0.25, 0.3) is 10.0 Å². The van der Waals surface area contributed by atoms with Gasteiger partial charge in [-0.25, -0.2) is 22.2 Å². The van der Waals surface area contributed by atoms with Crippen molar-refractivity contribution in [2.75, 3.05) is 4.72 Å². The molecule has 0 aliphatic rings. The molecule has 1 heterocycles. The molecular weight excluding hydrogens is 342 g/mol. The Labute approximate surface area is 116 Å². The number of anilines is 1. The van der Waals surface area contributed by atoms with Crippen LogP contribution in [0.3, 0.4) is 0 Å². The molecule has 0 spiro atoms. The van der Waals surface area contributed by atoms with E-state index < -0.39 is 21.7 Å². The molecule has 0 bridgehead atoms. The number of hydrogen-bond acceptors (Lipinski definition) is 3. The molecule has 0 atom stereocenters. The molecule has 0 aliphatic carbocycles. The van der Waals surface area contributed by atoms with Gasteiger partial charge in [0.05, 0.1) is 4.90 Å². The Hall–Kier alpha value is -1.54. The number of aromatic nitrogens is 1. The average Bonchev–Trinajstić information content (AvgIpc) is 2.32. The molecular formula is C11H7BrF2N2O2S. The Morgan fingerprint density at radius 1 is 1.11 bits per heavy atom. The molecule has 2 rings (SSSR count). The fourth-order valence-electron chi connectivity index (χ4n) is 1.31. The van der Waals surface area contributed by atoms with E-state index in [1.165, 1.54) is 6.07 Å². The van der Waals surface area contributed by atoms with Crippen molar-refractivity contribution in [3.63, 3.8) is 0 Å². The van der Waals surface area contributed by atoms with Crippen LogP contribution in [0.2, 0.25) is 0 Å². The average molecular weight is 349 g/mol. The molecule has 1 N–H and O–H groups in total. The summed E-state index contributed by atoms with van der Waals surface area (Å²) in [6.07, 6.45) is 0. The minimum absolute atomic E-state index is 0.0686. The van der Waals surface area contributed by atoms with Crippen LogP contribution < -0.4 is 4.72 Å². The summed E-state index contributed by atoms with van der Waals surface area (Å²) < 4.78 is 52.2. The SMILES string of the molecule is O=S(=O)(Nc1cccc(Br)n1)c1ccc(F)c(F)c1. The maximum atomic E-state index is 13.0. The number of sulfonamides is 1. The van der Waals surface area contributed by atoms with E-state index in [1.807, 2.05) is 0 Å². The van der Waals surface area contributed by atoms with E-state index in [4.69, 9.17) is 0 Å². The maximum absolute atomic E-state index is 13.0. The van der Waals surface area contributed by atoms with Gasteiger partial charge in [-0.3, -0.25) is 4.72 Å². The van der Waals surface area contributed by atoms with Crippen LogP contribution in [0.25, 0.3) is 0 Å². The zero-order valence-corrected chi connectivity index (χ0v) is 11.7. The van der Waals surface area contributed by atoms with Crippen LogP contribution in [0, 0.1) is 11.6 Å². The van der Waals surface area contributed by atoms with Crippen LogP contribution in [0.4, 0.5) is 14.6 Å². The Balaban J connectivity index is 2.35. The number of nitrogens with one attached hydrogen (secondary N) is 1. The first-order valence-electron chi connectivity index (χ1n) is 4.99. The maximum Gasteiger partial charge on any atom is 0.263 e. The summed E-state index contributed by atoms with van der Waals surface area (Å²) in [5, 5.41) is 0. The normalized spacial score (nSPS) is 11.3. The van der Waals surface area contributed by atoms with Crippen LogP contribution in [-0.2, 0) is 10.0 Å². The molecule has 8 heteroatoms. The van der Waals surface area contributed by atoms with E-state index in [-0.39, 0.29) is 10.7 Å². The quantitative estimate of drug-likeness (QED) is 0.867. The molecule has 0 saturated carbocycles. The lowest BCUT2D eigenvalue weighted by atomic mass is 10.3. The van der Waals surface area contributed by atoms with E-state index in [1.54, 1.807) is 12.1 Å². The van der Waals surface area contributed by atoms with Gasteiger partial charge in [-0.05, 0) is 46.3 Å². The van der Waals surface area contributed by atoms with Crippen LogP contribution in [0.15, 0.2) is 45.9 Å². The van der Waals surface area contributed by atoms with Crippen molar-refractivity contribution in [2.24, 2.45) is 0 Å². The predicted molar refractivity (Wildman–Crippen MR) is 69.1 cm³/mol. The standard InChI is InChI=1S/C11H7BrF2N2O2S/c12-10-2-1-3-11(15-10)16-19(17,18)7-4-5-8(13)9(14)6-7/h1-6H,(H,15,16). The zero-order chi connectivity index (χ0) is 14.0. The Kier molecular flexibility index (Phi) is 3.81. The summed E-state index contributed by atoms with van der Waals surface area (Å²) in [5.41, 5.74) is 0. The molecule has 0 fully saturated rings. The van der Waals surface area contributed by atoms with E-state index in [2.05, 4.69) is 25.6 Å². The molecule has 0 saturated heterocycles. The highest BCUT2D eigenvalue weighted by molar-refractivity contribution is 9.10. The van der Waals surface area contributed by atoms with Crippen molar-refractivity contribution in [3.05, 3.63) is 52.6 Å². The summed E-state index contributed by atoms with van der Waals surface area (Å²) in [6.45, 7) is 0. The van der Waals surface area contributed by atoms with Crippen molar-refractivity contribution in [1.29, 1.82) is 0 Å². The fraction of sp³-hybridized carbons (Fsp3) is 0. The monoisotopic (exact) mass is 348 g/mol. The number of nitrogens with zero attached hydrogens (tertiary/aromatic N) is 1. The van der Waals surface area contributed by atoms with E-state index in [9.17, 15) is 17.2 Å². The highest BCUT2D eigenvalue weighted by atomic mass is 79.9. The summed E-state index contributed by atoms with van der Waals surface area (Å²) in [5.74, 6) is -2.27. The minimum atomic E-state index is -4.01. The lowest BCUT2D eigenvalue weighted by Gasteiger charge is -2.07. The second-order valence-corrected chi connectivity index (χ2v) is 6.02. The number of pyridine rings is 1. The van der Waals surface area contributed by atoms with Crippen molar-refractivity contribution >= 4 is 31.8 Å². The molecule has 0 amide bonds. The van der Waals surface area contributed by atoms with Gasteiger partial charge < -0.3 is 0 Å². The van der Waals surface area contributed by atoms with Gasteiger partial charge in [0.15, 0.2) is 11.6 Å². The van der Waals surface area contributed by atoms with Crippen LogP contribution in [-0.4, -0.2) is 13.4 Å². The Bertz CT molecular complexity index is 722. The molecule has 19 heavy (non-hydrogen) atoms. The number of hydrogen-bond donors (Lipinski definition) is 1. The minimum Gasteiger partial charge on any atom is -0.263 e. The smallest absolute Gasteiger partial charge is 0.263 e. The van der Waals surface area contributed by atoms with Gasteiger partial charge in [0.1, 0.15) is 10.4 Å². The van der Waals surface area contributed by atoms with Gasteiger partial charge >= 0.3 is 0 Å². The molecule has 0 radical (unpaired) electrons. The molecule has 2 aromatic rings. The number of benzene rings is 1. The summed E-state index contributed by atoms with van der Waals surface area (Å²) in [4.78, 5) is 3.50. The number of halogens is 3. The van der Waals surface area contributed by atoms with E-state index >= 15 is 0 Å². The molecule has 0 unspecified atom stereocenters. The van der Waals surface area contributed by atoms with Crippen LogP contribution >= 0.6 is 15.9 Å². The Morgan fingerprint density at radius 2 is 1.84 bits per heavy atom. The van der Waals surface area contributed by atoms with Crippen molar-refractivity contribution in [1.82, 2.24) is 4.98 Å². The molecule has 4 nitrogen and oxygen atoms in total. The van der Waals surface area contributed by atoms with Gasteiger partial charge in [-0.1, -0.05) is 6.07 Å². The predicted octanol–water partition coefficient (Wildman–Crippen LogP) is 2.92. The van der Waals surface area contributed by atoms with Crippen molar-refractivity contribution in [2.45, 2.75) is 4.90 Å². The molecule has 1 aromatic heterocycles. The largest absolute Gasteiger partial charge is 0.263 e. The summed E-state index contributed by atoms with van der Waals surface area (Å²) in [7, 11) is -4.01.